The quantitative estimate of drug-likeness (QED) is 0.267. The van der Waals surface area contributed by atoms with Gasteiger partial charge >= 0.3 is 5.97 Å². The fourth-order valence-corrected chi connectivity index (χ4v) is 3.68. The molecule has 0 aliphatic rings. The van der Waals surface area contributed by atoms with Crippen LogP contribution in [0.5, 0.6) is 11.5 Å². The molecule has 0 aliphatic heterocycles. The molecular formula is C27H36Cl2O3. The van der Waals surface area contributed by atoms with E-state index in [1.165, 1.54) is 0 Å². The lowest BCUT2D eigenvalue weighted by atomic mass is 9.78. The maximum absolute atomic E-state index is 12.6. The van der Waals surface area contributed by atoms with E-state index in [9.17, 15) is 4.79 Å². The monoisotopic (exact) mass is 478 g/mol. The second kappa shape index (κ2) is 10.1. The van der Waals surface area contributed by atoms with E-state index in [-0.39, 0.29) is 17.0 Å². The van der Waals surface area contributed by atoms with Gasteiger partial charge in [-0.15, -0.1) is 0 Å². The number of rotatable bonds is 9. The SMILES string of the molecule is CCC(C)(C)Oc1ccc(C(C)(C)c2ccc(OC(=O)C(C)(CC)CC)c(Cl)c2)cc1Cl. The number of benzene rings is 2. The van der Waals surface area contributed by atoms with Crippen LogP contribution >= 0.6 is 23.2 Å². The van der Waals surface area contributed by atoms with Gasteiger partial charge in [0.05, 0.1) is 15.5 Å². The van der Waals surface area contributed by atoms with Crippen LogP contribution in [0.3, 0.4) is 0 Å². The zero-order valence-corrected chi connectivity index (χ0v) is 22.1. The molecule has 176 valence electrons. The lowest BCUT2D eigenvalue weighted by molar-refractivity contribution is -0.145. The molecule has 0 atom stereocenters. The molecule has 0 spiro atoms. The first kappa shape index (κ1) is 26.5. The van der Waals surface area contributed by atoms with E-state index in [4.69, 9.17) is 32.7 Å². The fraction of sp³-hybridized carbons (Fsp3) is 0.519. The molecule has 0 saturated carbocycles. The van der Waals surface area contributed by atoms with E-state index in [1.807, 2.05) is 65.0 Å². The summed E-state index contributed by atoms with van der Waals surface area (Å²) in [7, 11) is 0. The molecule has 0 unspecified atom stereocenters. The third-order valence-electron chi connectivity index (χ3n) is 6.80. The third kappa shape index (κ3) is 5.80. The molecule has 0 aliphatic carbocycles. The molecule has 0 saturated heterocycles. The first-order valence-electron chi connectivity index (χ1n) is 11.3. The van der Waals surface area contributed by atoms with E-state index in [0.29, 0.717) is 34.4 Å². The molecule has 0 fully saturated rings. The maximum atomic E-state index is 12.6. The summed E-state index contributed by atoms with van der Waals surface area (Å²) in [6.07, 6.45) is 2.30. The van der Waals surface area contributed by atoms with Crippen molar-refractivity contribution in [2.75, 3.05) is 0 Å². The van der Waals surface area contributed by atoms with Crippen molar-refractivity contribution in [1.82, 2.24) is 0 Å². The summed E-state index contributed by atoms with van der Waals surface area (Å²) in [6, 6.07) is 11.5. The Morgan fingerprint density at radius 2 is 1.25 bits per heavy atom. The highest BCUT2D eigenvalue weighted by molar-refractivity contribution is 6.32. The first-order valence-corrected chi connectivity index (χ1v) is 12.1. The molecular weight excluding hydrogens is 443 g/mol. The number of esters is 1. The Morgan fingerprint density at radius 3 is 1.66 bits per heavy atom. The molecule has 2 rings (SSSR count). The minimum atomic E-state index is -0.520. The molecule has 0 radical (unpaired) electrons. The summed E-state index contributed by atoms with van der Waals surface area (Å²) < 4.78 is 11.7. The highest BCUT2D eigenvalue weighted by Gasteiger charge is 2.32. The number of hydrogen-bond acceptors (Lipinski definition) is 3. The molecule has 32 heavy (non-hydrogen) atoms. The normalized spacial score (nSPS) is 12.6. The van der Waals surface area contributed by atoms with E-state index >= 15 is 0 Å². The van der Waals surface area contributed by atoms with Crippen molar-refractivity contribution in [2.24, 2.45) is 5.41 Å². The topological polar surface area (TPSA) is 35.5 Å². The predicted molar refractivity (Wildman–Crippen MR) is 134 cm³/mol. The van der Waals surface area contributed by atoms with Gasteiger partial charge < -0.3 is 9.47 Å². The number of carbonyl (C=O) groups is 1. The van der Waals surface area contributed by atoms with Gasteiger partial charge in [0.25, 0.3) is 0 Å². The second-order valence-corrected chi connectivity index (χ2v) is 10.6. The average Bonchev–Trinajstić information content (AvgIpc) is 2.75. The van der Waals surface area contributed by atoms with Crippen LogP contribution in [-0.2, 0) is 10.2 Å². The molecule has 0 bridgehead atoms. The standard InChI is InChI=1S/C27H36Cl2O3/c1-9-25(4,5)32-23-15-13-19(17-21(23)29)26(6,7)18-12-14-22(20(28)16-18)31-24(30)27(8,10-2)11-3/h12-17H,9-11H2,1-8H3. The summed E-state index contributed by atoms with van der Waals surface area (Å²) in [6.45, 7) is 16.3. The summed E-state index contributed by atoms with van der Waals surface area (Å²) in [5, 5.41) is 0.987. The Hall–Kier alpha value is -1.71. The van der Waals surface area contributed by atoms with Crippen LogP contribution in [0.2, 0.25) is 10.0 Å². The Kier molecular flexibility index (Phi) is 8.34. The van der Waals surface area contributed by atoms with E-state index < -0.39 is 5.41 Å². The summed E-state index contributed by atoms with van der Waals surface area (Å²) in [4.78, 5) is 12.6. The smallest absolute Gasteiger partial charge is 0.317 e. The molecule has 0 aromatic heterocycles. The Balaban J connectivity index is 2.30. The molecule has 3 nitrogen and oxygen atoms in total. The Bertz CT molecular complexity index is 959. The van der Waals surface area contributed by atoms with Crippen LogP contribution in [0.15, 0.2) is 36.4 Å². The Morgan fingerprint density at radius 1 is 0.781 bits per heavy atom. The van der Waals surface area contributed by atoms with Crippen LogP contribution < -0.4 is 9.47 Å². The van der Waals surface area contributed by atoms with Crippen molar-refractivity contribution in [3.05, 3.63) is 57.6 Å². The molecule has 0 heterocycles. The van der Waals surface area contributed by atoms with Gasteiger partial charge in [-0.2, -0.15) is 0 Å². The largest absolute Gasteiger partial charge is 0.486 e. The van der Waals surface area contributed by atoms with Gasteiger partial charge in [0, 0.05) is 5.41 Å². The average molecular weight is 479 g/mol. The summed E-state index contributed by atoms with van der Waals surface area (Å²) >= 11 is 13.1. The number of hydrogen-bond donors (Lipinski definition) is 0. The van der Waals surface area contributed by atoms with Crippen LogP contribution in [0.25, 0.3) is 0 Å². The highest BCUT2D eigenvalue weighted by atomic mass is 35.5. The minimum Gasteiger partial charge on any atom is -0.486 e. The zero-order valence-electron chi connectivity index (χ0n) is 20.6. The first-order chi connectivity index (χ1) is 14.8. The van der Waals surface area contributed by atoms with Crippen molar-refractivity contribution in [1.29, 1.82) is 0 Å². The highest BCUT2D eigenvalue weighted by Crippen LogP contribution is 2.40. The van der Waals surface area contributed by atoms with Crippen LogP contribution in [0.1, 0.15) is 85.8 Å². The molecule has 2 aromatic rings. The molecule has 0 amide bonds. The number of ether oxygens (including phenoxy) is 2. The fourth-order valence-electron chi connectivity index (χ4n) is 3.24. The lowest BCUT2D eigenvalue weighted by Crippen LogP contribution is -2.30. The van der Waals surface area contributed by atoms with Gasteiger partial charge in [-0.05, 0) is 75.4 Å². The molecule has 0 N–H and O–H groups in total. The van der Waals surface area contributed by atoms with Crippen molar-refractivity contribution in [3.63, 3.8) is 0 Å². The summed E-state index contributed by atoms with van der Waals surface area (Å²) in [5.41, 5.74) is 0.862. The van der Waals surface area contributed by atoms with Crippen LogP contribution in [0.4, 0.5) is 0 Å². The van der Waals surface area contributed by atoms with Gasteiger partial charge in [0.2, 0.25) is 0 Å². The van der Waals surface area contributed by atoms with Gasteiger partial charge in [-0.3, -0.25) is 4.79 Å². The number of halogens is 2. The molecule has 5 heteroatoms. The van der Waals surface area contributed by atoms with Gasteiger partial charge in [-0.1, -0.05) is 70.0 Å². The summed E-state index contributed by atoms with van der Waals surface area (Å²) in [5.74, 6) is 0.801. The lowest BCUT2D eigenvalue weighted by Gasteiger charge is -2.29. The van der Waals surface area contributed by atoms with Crippen LogP contribution in [0, 0.1) is 5.41 Å². The van der Waals surface area contributed by atoms with E-state index in [2.05, 4.69) is 20.8 Å². The maximum Gasteiger partial charge on any atom is 0.317 e. The van der Waals surface area contributed by atoms with Crippen molar-refractivity contribution < 1.29 is 14.3 Å². The predicted octanol–water partition coefficient (Wildman–Crippen LogP) is 8.62. The van der Waals surface area contributed by atoms with Crippen molar-refractivity contribution in [2.45, 2.75) is 85.7 Å². The Labute approximate surface area is 203 Å². The van der Waals surface area contributed by atoms with Crippen LogP contribution in [-0.4, -0.2) is 11.6 Å². The van der Waals surface area contributed by atoms with E-state index in [1.54, 1.807) is 6.07 Å². The van der Waals surface area contributed by atoms with Gasteiger partial charge in [0.1, 0.15) is 17.1 Å². The third-order valence-corrected chi connectivity index (χ3v) is 7.39. The van der Waals surface area contributed by atoms with Crippen molar-refractivity contribution >= 4 is 29.2 Å². The van der Waals surface area contributed by atoms with Crippen molar-refractivity contribution in [3.8, 4) is 11.5 Å². The van der Waals surface area contributed by atoms with E-state index in [0.717, 1.165) is 17.5 Å². The second-order valence-electron chi connectivity index (χ2n) is 9.79. The zero-order chi connectivity index (χ0) is 24.3. The molecule has 2 aromatic carbocycles. The number of carbonyl (C=O) groups excluding carboxylic acids is 1. The minimum absolute atomic E-state index is 0.256. The van der Waals surface area contributed by atoms with Gasteiger partial charge in [0.15, 0.2) is 0 Å². The van der Waals surface area contributed by atoms with Gasteiger partial charge in [-0.25, -0.2) is 0 Å².